The molecule has 1 N–H and O–H groups in total. The lowest BCUT2D eigenvalue weighted by Crippen LogP contribution is -2.19. The monoisotopic (exact) mass is 391 g/mol. The number of ether oxygens (including phenoxy) is 1. The summed E-state index contributed by atoms with van der Waals surface area (Å²) in [6, 6.07) is 11.8. The lowest BCUT2D eigenvalue weighted by Gasteiger charge is -2.02. The smallest absolute Gasteiger partial charge is 0.311 e. The van der Waals surface area contributed by atoms with Crippen LogP contribution < -0.4 is 10.2 Å². The highest BCUT2D eigenvalue weighted by Crippen LogP contribution is 2.26. The van der Waals surface area contributed by atoms with Gasteiger partial charge in [0.1, 0.15) is 0 Å². The standard InChI is InChI=1S/C16H14BrN3O4/c1-24-15-7-4-12(8-14(15)20(22)23)10-18-19-16(21)9-11-2-5-13(17)6-3-11/h2-8,10H,9H2,1H3,(H,19,21)/b18-10-. The fourth-order valence-corrected chi connectivity index (χ4v) is 2.20. The first kappa shape index (κ1) is 17.6. The van der Waals surface area contributed by atoms with Gasteiger partial charge < -0.3 is 4.74 Å². The maximum absolute atomic E-state index is 11.8. The molecule has 0 aliphatic rings. The molecule has 124 valence electrons. The van der Waals surface area contributed by atoms with Crippen LogP contribution in [0.1, 0.15) is 11.1 Å². The number of rotatable bonds is 6. The van der Waals surface area contributed by atoms with Gasteiger partial charge >= 0.3 is 5.69 Å². The molecule has 0 unspecified atom stereocenters. The Kier molecular flexibility index (Phi) is 6.02. The third kappa shape index (κ3) is 4.88. The molecule has 1 amide bonds. The Bertz CT molecular complexity index is 775. The predicted molar refractivity (Wildman–Crippen MR) is 93.2 cm³/mol. The van der Waals surface area contributed by atoms with Crippen LogP contribution in [0.25, 0.3) is 0 Å². The van der Waals surface area contributed by atoms with Crippen LogP contribution in [0.5, 0.6) is 5.75 Å². The second-order valence-corrected chi connectivity index (χ2v) is 5.70. The molecule has 0 saturated carbocycles. The molecule has 0 saturated heterocycles. The van der Waals surface area contributed by atoms with Crippen LogP contribution in [0.4, 0.5) is 5.69 Å². The van der Waals surface area contributed by atoms with Crippen molar-refractivity contribution in [1.82, 2.24) is 5.43 Å². The molecular formula is C16H14BrN3O4. The zero-order chi connectivity index (χ0) is 17.5. The van der Waals surface area contributed by atoms with Crippen molar-refractivity contribution in [2.75, 3.05) is 7.11 Å². The highest BCUT2D eigenvalue weighted by atomic mass is 79.9. The molecular weight excluding hydrogens is 378 g/mol. The number of halogens is 1. The van der Waals surface area contributed by atoms with Crippen molar-refractivity contribution in [1.29, 1.82) is 0 Å². The molecule has 24 heavy (non-hydrogen) atoms. The summed E-state index contributed by atoms with van der Waals surface area (Å²) in [6.07, 6.45) is 1.53. The minimum Gasteiger partial charge on any atom is -0.490 e. The number of carbonyl (C=O) groups excluding carboxylic acids is 1. The van der Waals surface area contributed by atoms with Crippen LogP contribution in [-0.2, 0) is 11.2 Å². The van der Waals surface area contributed by atoms with E-state index in [2.05, 4.69) is 26.5 Å². The highest BCUT2D eigenvalue weighted by Gasteiger charge is 2.14. The largest absolute Gasteiger partial charge is 0.490 e. The number of hydrazone groups is 1. The Hall–Kier alpha value is -2.74. The van der Waals surface area contributed by atoms with Crippen LogP contribution in [0.15, 0.2) is 52.0 Å². The first-order chi connectivity index (χ1) is 11.5. The quantitative estimate of drug-likeness (QED) is 0.465. The summed E-state index contributed by atoms with van der Waals surface area (Å²) in [6.45, 7) is 0. The molecule has 0 heterocycles. The minimum atomic E-state index is -0.539. The van der Waals surface area contributed by atoms with Crippen LogP contribution >= 0.6 is 15.9 Å². The molecule has 7 nitrogen and oxygen atoms in total. The van der Waals surface area contributed by atoms with Crippen LogP contribution in [-0.4, -0.2) is 24.2 Å². The summed E-state index contributed by atoms with van der Waals surface area (Å²) in [4.78, 5) is 22.2. The van der Waals surface area contributed by atoms with Crippen molar-refractivity contribution >= 4 is 33.7 Å². The molecule has 0 aliphatic heterocycles. The Morgan fingerprint density at radius 1 is 1.33 bits per heavy atom. The van der Waals surface area contributed by atoms with E-state index in [1.54, 1.807) is 6.07 Å². The number of hydrogen-bond donors (Lipinski definition) is 1. The van der Waals surface area contributed by atoms with E-state index in [4.69, 9.17) is 4.74 Å². The zero-order valence-electron chi connectivity index (χ0n) is 12.7. The van der Waals surface area contributed by atoms with Crippen molar-refractivity contribution in [3.8, 4) is 5.75 Å². The van der Waals surface area contributed by atoms with Crippen molar-refractivity contribution in [3.63, 3.8) is 0 Å². The lowest BCUT2D eigenvalue weighted by atomic mass is 10.1. The van der Waals surface area contributed by atoms with Gasteiger partial charge in [-0.25, -0.2) is 5.43 Å². The van der Waals surface area contributed by atoms with E-state index in [1.165, 1.54) is 25.5 Å². The van der Waals surface area contributed by atoms with E-state index < -0.39 is 4.92 Å². The molecule has 0 radical (unpaired) electrons. The predicted octanol–water partition coefficient (Wildman–Crippen LogP) is 3.06. The first-order valence-corrected chi connectivity index (χ1v) is 7.67. The molecule has 0 atom stereocenters. The Morgan fingerprint density at radius 2 is 2.04 bits per heavy atom. The van der Waals surface area contributed by atoms with Gasteiger partial charge in [-0.05, 0) is 29.8 Å². The molecule has 0 spiro atoms. The third-order valence-electron chi connectivity index (χ3n) is 3.08. The van der Waals surface area contributed by atoms with Crippen molar-refractivity contribution in [2.45, 2.75) is 6.42 Å². The molecule has 2 rings (SSSR count). The third-order valence-corrected chi connectivity index (χ3v) is 3.61. The minimum absolute atomic E-state index is 0.163. The van der Waals surface area contributed by atoms with Gasteiger partial charge in [-0.1, -0.05) is 28.1 Å². The van der Waals surface area contributed by atoms with E-state index in [-0.39, 0.29) is 23.8 Å². The molecule has 0 fully saturated rings. The van der Waals surface area contributed by atoms with Crippen LogP contribution in [0.3, 0.4) is 0 Å². The van der Waals surface area contributed by atoms with Gasteiger partial charge in [0, 0.05) is 16.1 Å². The molecule has 0 aromatic heterocycles. The maximum Gasteiger partial charge on any atom is 0.311 e. The van der Waals surface area contributed by atoms with Crippen LogP contribution in [0, 0.1) is 10.1 Å². The van der Waals surface area contributed by atoms with Gasteiger partial charge in [-0.15, -0.1) is 0 Å². The summed E-state index contributed by atoms with van der Waals surface area (Å²) in [5.74, 6) is -0.118. The average Bonchev–Trinajstić information content (AvgIpc) is 2.56. The number of amides is 1. The summed E-state index contributed by atoms with van der Waals surface area (Å²) in [5, 5.41) is 14.8. The molecule has 0 aliphatic carbocycles. The number of benzene rings is 2. The Morgan fingerprint density at radius 3 is 2.67 bits per heavy atom. The summed E-state index contributed by atoms with van der Waals surface area (Å²) < 4.78 is 5.86. The number of methoxy groups -OCH3 is 1. The first-order valence-electron chi connectivity index (χ1n) is 6.88. The van der Waals surface area contributed by atoms with Crippen LogP contribution in [0.2, 0.25) is 0 Å². The summed E-state index contributed by atoms with van der Waals surface area (Å²) in [5.41, 5.74) is 3.56. The maximum atomic E-state index is 11.8. The van der Waals surface area contributed by atoms with E-state index in [0.717, 1.165) is 10.0 Å². The number of nitrogens with one attached hydrogen (secondary N) is 1. The fraction of sp³-hybridized carbons (Fsp3) is 0.125. The topological polar surface area (TPSA) is 93.8 Å². The van der Waals surface area contributed by atoms with Gasteiger partial charge in [-0.2, -0.15) is 5.10 Å². The summed E-state index contributed by atoms with van der Waals surface area (Å²) >= 11 is 3.32. The highest BCUT2D eigenvalue weighted by molar-refractivity contribution is 9.10. The number of nitrogens with zero attached hydrogens (tertiary/aromatic N) is 2. The van der Waals surface area contributed by atoms with Crippen molar-refractivity contribution < 1.29 is 14.5 Å². The Balaban J connectivity index is 1.98. The number of nitro groups is 1. The van der Waals surface area contributed by atoms with E-state index in [0.29, 0.717) is 5.56 Å². The molecule has 0 bridgehead atoms. The second-order valence-electron chi connectivity index (χ2n) is 4.78. The van der Waals surface area contributed by atoms with Gasteiger partial charge in [0.15, 0.2) is 5.75 Å². The fourth-order valence-electron chi connectivity index (χ4n) is 1.94. The van der Waals surface area contributed by atoms with Gasteiger partial charge in [0.05, 0.1) is 24.7 Å². The van der Waals surface area contributed by atoms with Crippen molar-refractivity contribution in [3.05, 3.63) is 68.2 Å². The normalized spacial score (nSPS) is 10.6. The molecule has 8 heteroatoms. The number of hydrogen-bond acceptors (Lipinski definition) is 5. The Labute approximate surface area is 146 Å². The van der Waals surface area contributed by atoms with Gasteiger partial charge in [-0.3, -0.25) is 14.9 Å². The number of nitro benzene ring substituents is 1. The number of carbonyl (C=O) groups is 1. The summed E-state index contributed by atoms with van der Waals surface area (Å²) in [7, 11) is 1.36. The molecule has 2 aromatic rings. The lowest BCUT2D eigenvalue weighted by molar-refractivity contribution is -0.385. The average molecular weight is 392 g/mol. The zero-order valence-corrected chi connectivity index (χ0v) is 14.3. The second kappa shape index (κ2) is 8.21. The van der Waals surface area contributed by atoms with Gasteiger partial charge in [0.2, 0.25) is 5.91 Å². The van der Waals surface area contributed by atoms with E-state index in [1.807, 2.05) is 24.3 Å². The van der Waals surface area contributed by atoms with Gasteiger partial charge in [0.25, 0.3) is 0 Å². The van der Waals surface area contributed by atoms with Crippen molar-refractivity contribution in [2.24, 2.45) is 5.10 Å². The van der Waals surface area contributed by atoms with E-state index in [9.17, 15) is 14.9 Å². The SMILES string of the molecule is COc1ccc(/C=N\NC(=O)Cc2ccc(Br)cc2)cc1[N+](=O)[O-]. The van der Waals surface area contributed by atoms with E-state index >= 15 is 0 Å². The molecule has 2 aromatic carbocycles.